The van der Waals surface area contributed by atoms with E-state index in [2.05, 4.69) is 0 Å². The Bertz CT molecular complexity index is 741. The maximum absolute atomic E-state index is 12.9. The average molecular weight is 357 g/mol. The van der Waals surface area contributed by atoms with Gasteiger partial charge in [0.2, 0.25) is 0 Å². The van der Waals surface area contributed by atoms with Crippen LogP contribution in [-0.4, -0.2) is 21.9 Å². The normalized spacial score (nSPS) is 13.2. The summed E-state index contributed by atoms with van der Waals surface area (Å²) < 4.78 is 38.7. The molecular formula is C13H10F3N5O4. The number of nitro benzene ring substituents is 2. The Morgan fingerprint density at radius 1 is 1.04 bits per heavy atom. The van der Waals surface area contributed by atoms with Gasteiger partial charge in [0, 0.05) is 12.1 Å². The Hall–Kier alpha value is -3.41. The van der Waals surface area contributed by atoms with Gasteiger partial charge in [-0.2, -0.15) is 23.7 Å². The van der Waals surface area contributed by atoms with Gasteiger partial charge in [0.1, 0.15) is 12.1 Å². The minimum atomic E-state index is -5.05. The summed E-state index contributed by atoms with van der Waals surface area (Å²) in [5.41, 5.74) is -4.84. The Morgan fingerprint density at radius 2 is 1.40 bits per heavy atom. The lowest BCUT2D eigenvalue weighted by molar-refractivity contribution is -0.393. The number of rotatable bonds is 5. The Labute approximate surface area is 138 Å². The zero-order valence-electron chi connectivity index (χ0n) is 12.8. The van der Waals surface area contributed by atoms with Crippen LogP contribution in [-0.2, 0) is 6.18 Å². The second kappa shape index (κ2) is 7.00. The minimum absolute atomic E-state index is 0.142. The van der Waals surface area contributed by atoms with E-state index in [4.69, 9.17) is 10.5 Å². The monoisotopic (exact) mass is 357 g/mol. The quantitative estimate of drug-likeness (QED) is 0.583. The molecule has 1 aromatic rings. The summed E-state index contributed by atoms with van der Waals surface area (Å²) in [5.74, 6) is 0. The number of benzene rings is 1. The van der Waals surface area contributed by atoms with Crippen molar-refractivity contribution < 1.29 is 23.0 Å². The molecule has 0 aliphatic carbocycles. The fraction of sp³-hybridized carbons (Fsp3) is 0.385. The molecule has 1 rings (SSSR count). The Kier molecular flexibility index (Phi) is 5.50. The molecule has 1 aromatic carbocycles. The molecule has 0 radical (unpaired) electrons. The summed E-state index contributed by atoms with van der Waals surface area (Å²) in [6.07, 6.45) is -5.05. The van der Waals surface area contributed by atoms with E-state index >= 15 is 0 Å². The molecule has 0 saturated carbocycles. The number of nitrogens with zero attached hydrogens (tertiary/aromatic N) is 5. The fourth-order valence-electron chi connectivity index (χ4n) is 2.16. The summed E-state index contributed by atoms with van der Waals surface area (Å²) in [5, 5.41) is 40.5. The van der Waals surface area contributed by atoms with E-state index in [-0.39, 0.29) is 12.1 Å². The van der Waals surface area contributed by atoms with E-state index in [1.165, 1.54) is 13.8 Å². The van der Waals surface area contributed by atoms with Crippen molar-refractivity contribution in [1.29, 1.82) is 10.5 Å². The molecule has 12 heteroatoms. The van der Waals surface area contributed by atoms with Crippen LogP contribution < -0.4 is 4.90 Å². The van der Waals surface area contributed by atoms with E-state index in [9.17, 15) is 33.4 Å². The molecule has 0 aliphatic rings. The van der Waals surface area contributed by atoms with Crippen LogP contribution in [0.1, 0.15) is 19.4 Å². The third-order valence-corrected chi connectivity index (χ3v) is 3.26. The molecule has 2 atom stereocenters. The van der Waals surface area contributed by atoms with Crippen LogP contribution in [0.2, 0.25) is 0 Å². The number of nitro groups is 2. The van der Waals surface area contributed by atoms with Gasteiger partial charge in [0.25, 0.3) is 11.4 Å². The van der Waals surface area contributed by atoms with E-state index in [1.54, 1.807) is 12.1 Å². The lowest BCUT2D eigenvalue weighted by atomic mass is 10.1. The van der Waals surface area contributed by atoms with Crippen LogP contribution in [0.3, 0.4) is 0 Å². The maximum atomic E-state index is 12.9. The van der Waals surface area contributed by atoms with Crippen LogP contribution in [0.15, 0.2) is 12.1 Å². The molecule has 9 nitrogen and oxygen atoms in total. The van der Waals surface area contributed by atoms with Crippen molar-refractivity contribution in [3.63, 3.8) is 0 Å². The smallest absolute Gasteiger partial charge is 0.329 e. The second-order valence-electron chi connectivity index (χ2n) is 4.89. The lowest BCUT2D eigenvalue weighted by Gasteiger charge is -2.28. The molecule has 0 aromatic heterocycles. The van der Waals surface area contributed by atoms with Crippen LogP contribution in [0.5, 0.6) is 0 Å². The second-order valence-corrected chi connectivity index (χ2v) is 4.89. The highest BCUT2D eigenvalue weighted by Crippen LogP contribution is 2.44. The first-order valence-electron chi connectivity index (χ1n) is 6.57. The van der Waals surface area contributed by atoms with Crippen molar-refractivity contribution in [2.24, 2.45) is 0 Å². The lowest BCUT2D eigenvalue weighted by Crippen LogP contribution is -2.39. The summed E-state index contributed by atoms with van der Waals surface area (Å²) >= 11 is 0. The molecule has 0 bridgehead atoms. The molecule has 0 aliphatic heterocycles. The Morgan fingerprint density at radius 3 is 1.64 bits per heavy atom. The van der Waals surface area contributed by atoms with Gasteiger partial charge in [0.15, 0.2) is 5.69 Å². The van der Waals surface area contributed by atoms with Gasteiger partial charge in [-0.15, -0.1) is 0 Å². The van der Waals surface area contributed by atoms with Crippen molar-refractivity contribution in [1.82, 2.24) is 0 Å². The van der Waals surface area contributed by atoms with E-state index in [1.807, 2.05) is 0 Å². The summed E-state index contributed by atoms with van der Waals surface area (Å²) in [6.45, 7) is 2.41. The number of nitriles is 2. The van der Waals surface area contributed by atoms with Crippen molar-refractivity contribution in [3.05, 3.63) is 37.9 Å². The van der Waals surface area contributed by atoms with Crippen LogP contribution in [0, 0.1) is 42.9 Å². The van der Waals surface area contributed by atoms with Gasteiger partial charge < -0.3 is 4.90 Å². The highest BCUT2D eigenvalue weighted by atomic mass is 19.4. The molecule has 0 N–H and O–H groups in total. The van der Waals surface area contributed by atoms with Gasteiger partial charge in [-0.25, -0.2) is 0 Å². The number of alkyl halides is 3. The van der Waals surface area contributed by atoms with Crippen molar-refractivity contribution in [3.8, 4) is 12.1 Å². The van der Waals surface area contributed by atoms with E-state index in [0.29, 0.717) is 0 Å². The van der Waals surface area contributed by atoms with Gasteiger partial charge >= 0.3 is 6.18 Å². The molecule has 132 valence electrons. The molecule has 2 unspecified atom stereocenters. The van der Waals surface area contributed by atoms with Crippen molar-refractivity contribution >= 4 is 17.1 Å². The van der Waals surface area contributed by atoms with Gasteiger partial charge in [-0.05, 0) is 13.8 Å². The topological polar surface area (TPSA) is 137 Å². The molecule has 0 amide bonds. The number of anilines is 1. The average Bonchev–Trinajstić information content (AvgIpc) is 2.52. The first kappa shape index (κ1) is 19.6. The minimum Gasteiger partial charge on any atom is -0.329 e. The Balaban J connectivity index is 3.95. The van der Waals surface area contributed by atoms with Gasteiger partial charge in [-0.1, -0.05) is 0 Å². The molecule has 0 spiro atoms. The largest absolute Gasteiger partial charge is 0.416 e. The first-order chi connectivity index (χ1) is 11.4. The standard InChI is InChI=1S/C13H10F3N5O4/c1-7(5-17)19(8(2)6-18)12-10(20(22)23)3-9(13(14,15)16)4-11(12)21(24)25/h3-4,7-8H,1-2H3. The molecule has 0 heterocycles. The van der Waals surface area contributed by atoms with Crippen LogP contribution >= 0.6 is 0 Å². The van der Waals surface area contributed by atoms with Gasteiger partial charge in [0.05, 0.1) is 27.5 Å². The number of hydrogen-bond acceptors (Lipinski definition) is 7. The fourth-order valence-corrected chi connectivity index (χ4v) is 2.16. The number of halogens is 3. The third-order valence-electron chi connectivity index (χ3n) is 3.26. The number of hydrogen-bond donors (Lipinski definition) is 0. The summed E-state index contributed by atoms with van der Waals surface area (Å²) in [6, 6.07) is 1.12. The summed E-state index contributed by atoms with van der Waals surface area (Å²) in [7, 11) is 0. The van der Waals surface area contributed by atoms with E-state index in [0.717, 1.165) is 4.90 Å². The van der Waals surface area contributed by atoms with E-state index < -0.39 is 50.7 Å². The SMILES string of the molecule is CC(C#N)N(c1c([N+](=O)[O-])cc(C(F)(F)F)cc1[N+](=O)[O-])C(C)C#N. The van der Waals surface area contributed by atoms with Crippen molar-refractivity contribution in [2.45, 2.75) is 32.1 Å². The first-order valence-corrected chi connectivity index (χ1v) is 6.57. The molecule has 25 heavy (non-hydrogen) atoms. The third kappa shape index (κ3) is 3.92. The van der Waals surface area contributed by atoms with Crippen LogP contribution in [0.4, 0.5) is 30.2 Å². The van der Waals surface area contributed by atoms with Crippen molar-refractivity contribution in [2.75, 3.05) is 4.90 Å². The molecule has 0 fully saturated rings. The maximum Gasteiger partial charge on any atom is 0.416 e. The highest BCUT2D eigenvalue weighted by Gasteiger charge is 2.41. The highest BCUT2D eigenvalue weighted by molar-refractivity contribution is 5.78. The molecular weight excluding hydrogens is 347 g/mol. The zero-order valence-corrected chi connectivity index (χ0v) is 12.8. The predicted molar refractivity (Wildman–Crippen MR) is 77.4 cm³/mol. The zero-order chi connectivity index (χ0) is 19.5. The predicted octanol–water partition coefficient (Wildman–Crippen LogP) is 3.15. The van der Waals surface area contributed by atoms with Crippen LogP contribution in [0.25, 0.3) is 0 Å². The van der Waals surface area contributed by atoms with Gasteiger partial charge in [-0.3, -0.25) is 20.2 Å². The summed E-state index contributed by atoms with van der Waals surface area (Å²) in [4.78, 5) is 20.7. The molecule has 0 saturated heterocycles.